The zero-order chi connectivity index (χ0) is 12.7. The number of thioether (sulfide) groups is 1. The molecule has 1 aromatic heterocycles. The Balaban J connectivity index is 2.29. The van der Waals surface area contributed by atoms with Crippen molar-refractivity contribution in [3.8, 4) is 0 Å². The van der Waals surface area contributed by atoms with Gasteiger partial charge < -0.3 is 0 Å². The molecule has 2 rings (SSSR count). The molecule has 0 amide bonds. The summed E-state index contributed by atoms with van der Waals surface area (Å²) in [5.74, 6) is 2.23. The third kappa shape index (κ3) is 2.79. The zero-order valence-electron chi connectivity index (χ0n) is 11.0. The number of hydrogen-bond donors (Lipinski definition) is 0. The summed E-state index contributed by atoms with van der Waals surface area (Å²) >= 11 is 8.21. The van der Waals surface area contributed by atoms with Gasteiger partial charge in [-0.2, -0.15) is 11.8 Å². The van der Waals surface area contributed by atoms with Gasteiger partial charge in [-0.05, 0) is 37.1 Å². The van der Waals surface area contributed by atoms with E-state index in [2.05, 4.69) is 42.5 Å². The first-order valence-corrected chi connectivity index (χ1v) is 7.41. The topological polar surface area (TPSA) is 30.7 Å². The van der Waals surface area contributed by atoms with Gasteiger partial charge in [-0.1, -0.05) is 20.8 Å². The van der Waals surface area contributed by atoms with Crippen LogP contribution in [0.4, 0.5) is 0 Å². The van der Waals surface area contributed by atoms with E-state index in [4.69, 9.17) is 11.6 Å². The van der Waals surface area contributed by atoms with Crippen LogP contribution in [0.5, 0.6) is 0 Å². The molecule has 0 aliphatic carbocycles. The van der Waals surface area contributed by atoms with Crippen molar-refractivity contribution in [3.63, 3.8) is 0 Å². The fourth-order valence-electron chi connectivity index (χ4n) is 2.27. The average Bonchev–Trinajstić information content (AvgIpc) is 2.75. The molecule has 1 fully saturated rings. The summed E-state index contributed by atoms with van der Waals surface area (Å²) in [6.07, 6.45) is 2.54. The summed E-state index contributed by atoms with van der Waals surface area (Å²) in [4.78, 5) is 0. The largest absolute Gasteiger partial charge is 0.300 e. The molecule has 1 aromatic rings. The minimum Gasteiger partial charge on any atom is -0.300 e. The Morgan fingerprint density at radius 2 is 2.12 bits per heavy atom. The van der Waals surface area contributed by atoms with Gasteiger partial charge in [0.2, 0.25) is 5.28 Å². The molecule has 3 nitrogen and oxygen atoms in total. The molecule has 5 heteroatoms. The van der Waals surface area contributed by atoms with Crippen LogP contribution >= 0.6 is 23.4 Å². The number of aromatic nitrogens is 3. The predicted molar refractivity (Wildman–Crippen MR) is 73.8 cm³/mol. The van der Waals surface area contributed by atoms with Crippen LogP contribution in [0, 0.1) is 0 Å². The molecular weight excluding hydrogens is 254 g/mol. The molecule has 96 valence electrons. The molecular formula is C12H20ClN3S. The van der Waals surface area contributed by atoms with Crippen molar-refractivity contribution in [2.75, 3.05) is 5.75 Å². The SMILES string of the molecule is CC1(Cn2c(Cl)nnc2C(C)(C)C)CCCS1. The number of rotatable bonds is 2. The van der Waals surface area contributed by atoms with Crippen molar-refractivity contribution in [1.82, 2.24) is 14.8 Å². The summed E-state index contributed by atoms with van der Waals surface area (Å²) < 4.78 is 2.37. The second kappa shape index (κ2) is 4.47. The molecule has 0 saturated carbocycles. The fraction of sp³-hybridized carbons (Fsp3) is 0.833. The highest BCUT2D eigenvalue weighted by Gasteiger charge is 2.33. The molecule has 0 N–H and O–H groups in total. The van der Waals surface area contributed by atoms with E-state index in [-0.39, 0.29) is 10.2 Å². The lowest BCUT2D eigenvalue weighted by molar-refractivity contribution is 0.450. The van der Waals surface area contributed by atoms with E-state index in [9.17, 15) is 0 Å². The van der Waals surface area contributed by atoms with Gasteiger partial charge >= 0.3 is 0 Å². The van der Waals surface area contributed by atoms with E-state index in [0.29, 0.717) is 5.28 Å². The molecule has 0 radical (unpaired) electrons. The summed E-state index contributed by atoms with van der Waals surface area (Å²) in [7, 11) is 0. The van der Waals surface area contributed by atoms with E-state index in [1.807, 2.05) is 11.8 Å². The maximum absolute atomic E-state index is 6.17. The van der Waals surface area contributed by atoms with Crippen molar-refractivity contribution in [3.05, 3.63) is 11.1 Å². The van der Waals surface area contributed by atoms with Gasteiger partial charge in [0.1, 0.15) is 5.82 Å². The Bertz CT molecular complexity index is 402. The molecule has 2 heterocycles. The van der Waals surface area contributed by atoms with Crippen LogP contribution in [-0.4, -0.2) is 25.3 Å². The van der Waals surface area contributed by atoms with Crippen molar-refractivity contribution in [2.45, 2.75) is 57.2 Å². The van der Waals surface area contributed by atoms with Crippen LogP contribution in [0.15, 0.2) is 0 Å². The van der Waals surface area contributed by atoms with Crippen LogP contribution in [-0.2, 0) is 12.0 Å². The minimum absolute atomic E-state index is 0.0141. The molecule has 0 aromatic carbocycles. The van der Waals surface area contributed by atoms with Gasteiger partial charge in [0.05, 0.1) is 0 Å². The van der Waals surface area contributed by atoms with Crippen LogP contribution < -0.4 is 0 Å². The van der Waals surface area contributed by atoms with Gasteiger partial charge in [-0.3, -0.25) is 4.57 Å². The summed E-state index contributed by atoms with van der Waals surface area (Å²) in [5.41, 5.74) is -0.0141. The lowest BCUT2D eigenvalue weighted by atomic mass is 9.95. The standard InChI is InChI=1S/C12H20ClN3S/c1-11(2,3)9-14-15-10(13)16(9)8-12(4)6-5-7-17-12/h5-8H2,1-4H3. The summed E-state index contributed by atoms with van der Waals surface area (Å²) in [5, 5.41) is 8.77. The maximum Gasteiger partial charge on any atom is 0.225 e. The van der Waals surface area contributed by atoms with Crippen molar-refractivity contribution in [1.29, 1.82) is 0 Å². The van der Waals surface area contributed by atoms with Crippen molar-refractivity contribution in [2.24, 2.45) is 0 Å². The molecule has 1 saturated heterocycles. The first-order valence-electron chi connectivity index (χ1n) is 6.05. The van der Waals surface area contributed by atoms with Gasteiger partial charge in [-0.15, -0.1) is 10.2 Å². The molecule has 0 spiro atoms. The van der Waals surface area contributed by atoms with Gasteiger partial charge in [0.15, 0.2) is 0 Å². The molecule has 1 atom stereocenters. The third-order valence-corrected chi connectivity index (χ3v) is 4.97. The lowest BCUT2D eigenvalue weighted by Gasteiger charge is -2.27. The quantitative estimate of drug-likeness (QED) is 0.826. The monoisotopic (exact) mass is 273 g/mol. The smallest absolute Gasteiger partial charge is 0.225 e. The normalized spacial score (nSPS) is 25.5. The molecule has 0 bridgehead atoms. The van der Waals surface area contributed by atoms with E-state index >= 15 is 0 Å². The Morgan fingerprint density at radius 3 is 2.65 bits per heavy atom. The number of halogens is 1. The van der Waals surface area contributed by atoms with Crippen LogP contribution in [0.3, 0.4) is 0 Å². The number of hydrogen-bond acceptors (Lipinski definition) is 3. The summed E-state index contributed by atoms with van der Waals surface area (Å²) in [6.45, 7) is 9.67. The maximum atomic E-state index is 6.17. The van der Waals surface area contributed by atoms with E-state index in [1.54, 1.807) is 0 Å². The Hall–Kier alpha value is -0.220. The molecule has 1 unspecified atom stereocenters. The second-order valence-electron chi connectivity index (χ2n) is 6.03. The van der Waals surface area contributed by atoms with Crippen LogP contribution in [0.1, 0.15) is 46.4 Å². The first kappa shape index (κ1) is 13.2. The number of nitrogens with zero attached hydrogens (tertiary/aromatic N) is 3. The van der Waals surface area contributed by atoms with E-state index < -0.39 is 0 Å². The Morgan fingerprint density at radius 1 is 1.41 bits per heavy atom. The van der Waals surface area contributed by atoms with Crippen molar-refractivity contribution >= 4 is 23.4 Å². The van der Waals surface area contributed by atoms with E-state index in [0.717, 1.165) is 12.4 Å². The summed E-state index contributed by atoms with van der Waals surface area (Å²) in [6, 6.07) is 0. The lowest BCUT2D eigenvalue weighted by Crippen LogP contribution is -2.28. The van der Waals surface area contributed by atoms with Gasteiger partial charge in [0, 0.05) is 16.7 Å². The van der Waals surface area contributed by atoms with E-state index in [1.165, 1.54) is 18.6 Å². The molecule has 1 aliphatic rings. The predicted octanol–water partition coefficient (Wildman–Crippen LogP) is 3.51. The van der Waals surface area contributed by atoms with Gasteiger partial charge in [-0.25, -0.2) is 0 Å². The highest BCUT2D eigenvalue weighted by Crippen LogP contribution is 2.40. The fourth-order valence-corrected chi connectivity index (χ4v) is 3.74. The molecule has 17 heavy (non-hydrogen) atoms. The Labute approximate surface area is 112 Å². The highest BCUT2D eigenvalue weighted by molar-refractivity contribution is 8.00. The van der Waals surface area contributed by atoms with Gasteiger partial charge in [0.25, 0.3) is 0 Å². The third-order valence-electron chi connectivity index (χ3n) is 3.17. The Kier molecular flexibility index (Phi) is 3.47. The van der Waals surface area contributed by atoms with Crippen LogP contribution in [0.2, 0.25) is 5.28 Å². The second-order valence-corrected chi connectivity index (χ2v) is 8.05. The highest BCUT2D eigenvalue weighted by atomic mass is 35.5. The zero-order valence-corrected chi connectivity index (χ0v) is 12.5. The van der Waals surface area contributed by atoms with Crippen molar-refractivity contribution < 1.29 is 0 Å². The average molecular weight is 274 g/mol. The molecule has 1 aliphatic heterocycles. The minimum atomic E-state index is -0.0141. The van der Waals surface area contributed by atoms with Crippen LogP contribution in [0.25, 0.3) is 0 Å². The first-order chi connectivity index (χ1) is 7.82.